The maximum Gasteiger partial charge on any atom is 0.233 e. The first-order valence-corrected chi connectivity index (χ1v) is 5.54. The van der Waals surface area contributed by atoms with Crippen LogP contribution >= 0.6 is 12.4 Å². The van der Waals surface area contributed by atoms with E-state index in [1.807, 2.05) is 11.6 Å². The highest BCUT2D eigenvalue weighted by Crippen LogP contribution is 2.12. The lowest BCUT2D eigenvalue weighted by molar-refractivity contribution is -0.119. The van der Waals surface area contributed by atoms with Gasteiger partial charge in [-0.1, -0.05) is 0 Å². The quantitative estimate of drug-likeness (QED) is 0.823. The molecular weight excluding hydrogens is 240 g/mol. The zero-order chi connectivity index (χ0) is 12.1. The molecule has 0 aromatic carbocycles. The molecule has 17 heavy (non-hydrogen) atoms. The summed E-state index contributed by atoms with van der Waals surface area (Å²) < 4.78 is 1.98. The number of aryl methyl sites for hydroxylation is 2. The van der Waals surface area contributed by atoms with Crippen LogP contribution < -0.4 is 10.6 Å². The van der Waals surface area contributed by atoms with Crippen LogP contribution in [0, 0.1) is 13.8 Å². The SMILES string of the molecule is CCn1nc(C)c(CNCC(=O)NC)c1C.Cl. The predicted octanol–water partition coefficient (Wildman–Crippen LogP) is 0.777. The van der Waals surface area contributed by atoms with Crippen molar-refractivity contribution >= 4 is 18.3 Å². The van der Waals surface area contributed by atoms with Crippen LogP contribution in [0.15, 0.2) is 0 Å². The molecule has 1 rings (SSSR count). The third-order valence-electron chi connectivity index (χ3n) is 2.70. The van der Waals surface area contributed by atoms with Crippen molar-refractivity contribution in [2.24, 2.45) is 0 Å². The van der Waals surface area contributed by atoms with E-state index < -0.39 is 0 Å². The number of rotatable bonds is 5. The molecule has 0 atom stereocenters. The van der Waals surface area contributed by atoms with Crippen molar-refractivity contribution in [1.29, 1.82) is 0 Å². The Morgan fingerprint density at radius 3 is 2.53 bits per heavy atom. The first-order chi connectivity index (χ1) is 7.60. The second-order valence-corrected chi connectivity index (χ2v) is 3.74. The molecule has 0 spiro atoms. The second kappa shape index (κ2) is 7.29. The van der Waals surface area contributed by atoms with Gasteiger partial charge in [-0.05, 0) is 20.8 Å². The highest BCUT2D eigenvalue weighted by atomic mass is 35.5. The molecule has 98 valence electrons. The molecule has 0 fully saturated rings. The van der Waals surface area contributed by atoms with Crippen molar-refractivity contribution in [3.05, 3.63) is 17.0 Å². The van der Waals surface area contributed by atoms with E-state index in [0.717, 1.165) is 12.2 Å². The largest absolute Gasteiger partial charge is 0.358 e. The number of aromatic nitrogens is 2. The van der Waals surface area contributed by atoms with Crippen LogP contribution in [0.4, 0.5) is 0 Å². The minimum atomic E-state index is -0.00168. The summed E-state index contributed by atoms with van der Waals surface area (Å²) in [5.41, 5.74) is 3.39. The first-order valence-electron chi connectivity index (χ1n) is 5.54. The summed E-state index contributed by atoms with van der Waals surface area (Å²) in [4.78, 5) is 11.0. The molecule has 0 saturated heterocycles. The number of likely N-dealkylation sites (N-methyl/N-ethyl adjacent to an activating group) is 1. The maximum atomic E-state index is 11.0. The monoisotopic (exact) mass is 260 g/mol. The average molecular weight is 261 g/mol. The van der Waals surface area contributed by atoms with Crippen LogP contribution in [0.2, 0.25) is 0 Å². The van der Waals surface area contributed by atoms with E-state index in [2.05, 4.69) is 29.6 Å². The molecule has 5 nitrogen and oxygen atoms in total. The zero-order valence-electron chi connectivity index (χ0n) is 10.8. The third-order valence-corrected chi connectivity index (χ3v) is 2.70. The Hall–Kier alpha value is -1.07. The fourth-order valence-corrected chi connectivity index (χ4v) is 1.69. The topological polar surface area (TPSA) is 59.0 Å². The minimum Gasteiger partial charge on any atom is -0.358 e. The summed E-state index contributed by atoms with van der Waals surface area (Å²) in [7, 11) is 1.63. The van der Waals surface area contributed by atoms with Crippen molar-refractivity contribution in [2.75, 3.05) is 13.6 Å². The van der Waals surface area contributed by atoms with Crippen molar-refractivity contribution < 1.29 is 4.79 Å². The number of halogens is 1. The smallest absolute Gasteiger partial charge is 0.233 e. The Labute approximate surface area is 108 Å². The summed E-state index contributed by atoms with van der Waals surface area (Å²) in [6, 6.07) is 0. The van der Waals surface area contributed by atoms with Crippen molar-refractivity contribution in [3.63, 3.8) is 0 Å². The molecule has 0 aliphatic heterocycles. The maximum absolute atomic E-state index is 11.0. The number of hydrogen-bond donors (Lipinski definition) is 2. The van der Waals surface area contributed by atoms with Crippen LogP contribution in [-0.2, 0) is 17.9 Å². The van der Waals surface area contributed by atoms with Gasteiger partial charge in [-0.3, -0.25) is 9.48 Å². The van der Waals surface area contributed by atoms with Gasteiger partial charge in [0.15, 0.2) is 0 Å². The molecular formula is C11H21ClN4O. The fourth-order valence-electron chi connectivity index (χ4n) is 1.69. The van der Waals surface area contributed by atoms with Gasteiger partial charge in [0.2, 0.25) is 5.91 Å². The number of nitrogens with zero attached hydrogens (tertiary/aromatic N) is 2. The summed E-state index contributed by atoms with van der Waals surface area (Å²) in [6.07, 6.45) is 0. The lowest BCUT2D eigenvalue weighted by Gasteiger charge is -2.05. The number of hydrogen-bond acceptors (Lipinski definition) is 3. The van der Waals surface area contributed by atoms with Gasteiger partial charge in [-0.15, -0.1) is 12.4 Å². The molecule has 1 aromatic heterocycles. The summed E-state index contributed by atoms with van der Waals surface area (Å²) in [6.45, 7) is 8.03. The molecule has 0 unspecified atom stereocenters. The molecule has 0 aliphatic rings. The van der Waals surface area contributed by atoms with Crippen LogP contribution in [0.3, 0.4) is 0 Å². The van der Waals surface area contributed by atoms with E-state index in [1.54, 1.807) is 7.05 Å². The van der Waals surface area contributed by atoms with Gasteiger partial charge in [0.05, 0.1) is 12.2 Å². The minimum absolute atomic E-state index is 0. The Kier molecular flexibility index (Phi) is 6.83. The summed E-state index contributed by atoms with van der Waals surface area (Å²) in [5.74, 6) is -0.00168. The highest BCUT2D eigenvalue weighted by Gasteiger charge is 2.10. The van der Waals surface area contributed by atoms with E-state index in [4.69, 9.17) is 0 Å². The first kappa shape index (κ1) is 15.9. The van der Waals surface area contributed by atoms with Crippen molar-refractivity contribution in [2.45, 2.75) is 33.9 Å². The Morgan fingerprint density at radius 2 is 2.06 bits per heavy atom. The fraction of sp³-hybridized carbons (Fsp3) is 0.636. The number of carbonyl (C=O) groups is 1. The Morgan fingerprint density at radius 1 is 1.41 bits per heavy atom. The van der Waals surface area contributed by atoms with E-state index in [9.17, 15) is 4.79 Å². The molecule has 1 heterocycles. The van der Waals surface area contributed by atoms with Crippen LogP contribution in [0.1, 0.15) is 23.9 Å². The van der Waals surface area contributed by atoms with Crippen LogP contribution in [-0.4, -0.2) is 29.3 Å². The number of carbonyl (C=O) groups excluding carboxylic acids is 1. The summed E-state index contributed by atoms with van der Waals surface area (Å²) in [5, 5.41) is 10.1. The van der Waals surface area contributed by atoms with Gasteiger partial charge in [0, 0.05) is 31.4 Å². The van der Waals surface area contributed by atoms with E-state index in [1.165, 1.54) is 11.3 Å². The number of amides is 1. The van der Waals surface area contributed by atoms with Crippen molar-refractivity contribution in [3.8, 4) is 0 Å². The van der Waals surface area contributed by atoms with E-state index >= 15 is 0 Å². The van der Waals surface area contributed by atoms with Gasteiger partial charge in [-0.2, -0.15) is 5.10 Å². The summed E-state index contributed by atoms with van der Waals surface area (Å²) >= 11 is 0. The lowest BCUT2D eigenvalue weighted by atomic mass is 10.2. The van der Waals surface area contributed by atoms with E-state index in [0.29, 0.717) is 13.1 Å². The normalized spacial score (nSPS) is 9.88. The average Bonchev–Trinajstić information content (AvgIpc) is 2.55. The Balaban J connectivity index is 0.00000256. The van der Waals surface area contributed by atoms with E-state index in [-0.39, 0.29) is 18.3 Å². The lowest BCUT2D eigenvalue weighted by Crippen LogP contribution is -2.31. The molecule has 1 aromatic rings. The van der Waals surface area contributed by atoms with Crippen LogP contribution in [0.25, 0.3) is 0 Å². The predicted molar refractivity (Wildman–Crippen MR) is 70.4 cm³/mol. The third kappa shape index (κ3) is 4.02. The number of nitrogens with one attached hydrogen (secondary N) is 2. The molecule has 0 saturated carbocycles. The Bertz CT molecular complexity index is 376. The zero-order valence-corrected chi connectivity index (χ0v) is 11.6. The van der Waals surface area contributed by atoms with Gasteiger partial charge in [0.1, 0.15) is 0 Å². The van der Waals surface area contributed by atoms with Gasteiger partial charge in [0.25, 0.3) is 0 Å². The molecule has 0 radical (unpaired) electrons. The standard InChI is InChI=1S/C11H20N4O.ClH/c1-5-15-9(3)10(8(2)14-15)6-13-7-11(16)12-4;/h13H,5-7H2,1-4H3,(H,12,16);1H. The molecule has 0 bridgehead atoms. The highest BCUT2D eigenvalue weighted by molar-refractivity contribution is 5.85. The molecule has 6 heteroatoms. The van der Waals surface area contributed by atoms with Gasteiger partial charge in [-0.25, -0.2) is 0 Å². The van der Waals surface area contributed by atoms with Crippen molar-refractivity contribution in [1.82, 2.24) is 20.4 Å². The second-order valence-electron chi connectivity index (χ2n) is 3.74. The molecule has 1 amide bonds. The molecule has 0 aliphatic carbocycles. The van der Waals surface area contributed by atoms with Gasteiger partial charge >= 0.3 is 0 Å². The van der Waals surface area contributed by atoms with Gasteiger partial charge < -0.3 is 10.6 Å². The van der Waals surface area contributed by atoms with Crippen LogP contribution in [0.5, 0.6) is 0 Å². The molecule has 2 N–H and O–H groups in total.